The summed E-state index contributed by atoms with van der Waals surface area (Å²) in [7, 11) is 4.19. The molecule has 0 N–H and O–H groups in total. The number of rotatable bonds is 2. The zero-order chi connectivity index (χ0) is 19.1. The fourth-order valence-electron chi connectivity index (χ4n) is 4.68. The maximum Gasteiger partial charge on any atom is 0.410 e. The van der Waals surface area contributed by atoms with E-state index in [1.54, 1.807) is 0 Å². The van der Waals surface area contributed by atoms with Gasteiger partial charge in [0.15, 0.2) is 0 Å². The van der Waals surface area contributed by atoms with Crippen LogP contribution in [0, 0.1) is 11.3 Å². The zero-order valence-electron chi connectivity index (χ0n) is 17.1. The van der Waals surface area contributed by atoms with Crippen LogP contribution < -0.4 is 0 Å². The van der Waals surface area contributed by atoms with E-state index in [0.717, 1.165) is 58.3 Å². The molecule has 26 heavy (non-hydrogen) atoms. The Morgan fingerprint density at radius 2 is 1.65 bits per heavy atom. The minimum absolute atomic E-state index is 0.198. The van der Waals surface area contributed by atoms with Gasteiger partial charge in [-0.2, -0.15) is 0 Å². The molecule has 0 bridgehead atoms. The highest BCUT2D eigenvalue weighted by molar-refractivity contribution is 5.80. The summed E-state index contributed by atoms with van der Waals surface area (Å²) in [5, 5.41) is 0. The Kier molecular flexibility index (Phi) is 5.26. The predicted molar refractivity (Wildman–Crippen MR) is 101 cm³/mol. The van der Waals surface area contributed by atoms with E-state index in [9.17, 15) is 9.59 Å². The third-order valence-electron chi connectivity index (χ3n) is 6.39. The van der Waals surface area contributed by atoms with Crippen LogP contribution in [0.1, 0.15) is 52.9 Å². The van der Waals surface area contributed by atoms with E-state index >= 15 is 0 Å². The third-order valence-corrected chi connectivity index (χ3v) is 6.39. The standard InChI is InChI=1S/C20H35N3O3/c1-19(2,3)26-18(25)22-10-7-20(8-11-22)12-15(13-20)17(24)23-9-6-16(14-23)21(4)5/h15-16H,6-14H2,1-5H3/t16-/m0/s1. The summed E-state index contributed by atoms with van der Waals surface area (Å²) in [5.74, 6) is 0.554. The van der Waals surface area contributed by atoms with Gasteiger partial charge in [0.25, 0.3) is 0 Å². The molecule has 3 rings (SSSR count). The second-order valence-corrected chi connectivity index (χ2v) is 9.76. The summed E-state index contributed by atoms with van der Waals surface area (Å²) >= 11 is 0. The Morgan fingerprint density at radius 1 is 1.04 bits per heavy atom. The molecule has 2 heterocycles. The zero-order valence-corrected chi connectivity index (χ0v) is 17.1. The van der Waals surface area contributed by atoms with Crippen LogP contribution in [0.25, 0.3) is 0 Å². The van der Waals surface area contributed by atoms with Crippen LogP contribution in [-0.2, 0) is 9.53 Å². The van der Waals surface area contributed by atoms with Crippen LogP contribution in [-0.4, -0.2) is 78.6 Å². The first-order valence-corrected chi connectivity index (χ1v) is 10.0. The van der Waals surface area contributed by atoms with Gasteiger partial charge in [0.2, 0.25) is 5.91 Å². The van der Waals surface area contributed by atoms with Gasteiger partial charge in [-0.1, -0.05) is 0 Å². The smallest absolute Gasteiger partial charge is 0.410 e. The van der Waals surface area contributed by atoms with Crippen molar-refractivity contribution < 1.29 is 14.3 Å². The number of carbonyl (C=O) groups is 2. The largest absolute Gasteiger partial charge is 0.444 e. The van der Waals surface area contributed by atoms with Gasteiger partial charge in [0.1, 0.15) is 5.60 Å². The molecule has 148 valence electrons. The molecule has 2 aliphatic heterocycles. The number of hydrogen-bond donors (Lipinski definition) is 0. The van der Waals surface area contributed by atoms with Crippen molar-refractivity contribution in [2.75, 3.05) is 40.3 Å². The van der Waals surface area contributed by atoms with Crippen molar-refractivity contribution in [3.8, 4) is 0 Å². The van der Waals surface area contributed by atoms with Gasteiger partial charge in [0, 0.05) is 38.1 Å². The van der Waals surface area contributed by atoms with Crippen LogP contribution in [0.3, 0.4) is 0 Å². The van der Waals surface area contributed by atoms with E-state index in [-0.39, 0.29) is 17.4 Å². The van der Waals surface area contributed by atoms with Crippen molar-refractivity contribution in [2.45, 2.75) is 64.5 Å². The molecular formula is C20H35N3O3. The molecule has 2 saturated heterocycles. The monoisotopic (exact) mass is 365 g/mol. The van der Waals surface area contributed by atoms with Gasteiger partial charge >= 0.3 is 6.09 Å². The van der Waals surface area contributed by atoms with Crippen molar-refractivity contribution in [1.29, 1.82) is 0 Å². The number of amides is 2. The third kappa shape index (κ3) is 4.16. The van der Waals surface area contributed by atoms with E-state index in [4.69, 9.17) is 4.74 Å². The van der Waals surface area contributed by atoms with E-state index in [0.29, 0.717) is 11.9 Å². The van der Waals surface area contributed by atoms with Crippen molar-refractivity contribution in [3.05, 3.63) is 0 Å². The SMILES string of the molecule is CN(C)[C@H]1CCN(C(=O)C2CC3(CCN(C(=O)OC(C)(C)C)CC3)C2)C1. The van der Waals surface area contributed by atoms with E-state index < -0.39 is 5.60 Å². The second-order valence-electron chi connectivity index (χ2n) is 9.76. The van der Waals surface area contributed by atoms with Crippen LogP contribution in [0.4, 0.5) is 4.79 Å². The van der Waals surface area contributed by atoms with Crippen LogP contribution in [0.2, 0.25) is 0 Å². The first kappa shape index (κ1) is 19.5. The molecule has 6 heteroatoms. The Balaban J connectivity index is 1.44. The van der Waals surface area contributed by atoms with Crippen molar-refractivity contribution in [3.63, 3.8) is 0 Å². The number of nitrogens with zero attached hydrogens (tertiary/aromatic N) is 3. The van der Waals surface area contributed by atoms with Gasteiger partial charge < -0.3 is 19.4 Å². The lowest BCUT2D eigenvalue weighted by atomic mass is 9.57. The Hall–Kier alpha value is -1.30. The molecule has 0 aromatic carbocycles. The topological polar surface area (TPSA) is 53.1 Å². The first-order valence-electron chi connectivity index (χ1n) is 10.0. The lowest BCUT2D eigenvalue weighted by molar-refractivity contribution is -0.144. The number of likely N-dealkylation sites (tertiary alicyclic amines) is 2. The number of likely N-dealkylation sites (N-methyl/N-ethyl adjacent to an activating group) is 1. The molecule has 1 atom stereocenters. The molecule has 3 aliphatic rings. The lowest BCUT2D eigenvalue weighted by Gasteiger charge is -2.52. The van der Waals surface area contributed by atoms with Gasteiger partial charge in [-0.05, 0) is 72.4 Å². The molecule has 0 aromatic rings. The molecule has 1 saturated carbocycles. The average Bonchev–Trinajstić information content (AvgIpc) is 3.00. The maximum atomic E-state index is 12.8. The number of piperidine rings is 1. The summed E-state index contributed by atoms with van der Waals surface area (Å²) < 4.78 is 5.48. The second kappa shape index (κ2) is 7.02. The van der Waals surface area contributed by atoms with Crippen molar-refractivity contribution in [1.82, 2.24) is 14.7 Å². The van der Waals surface area contributed by atoms with E-state index in [1.807, 2.05) is 25.7 Å². The Labute approximate surface area is 157 Å². The van der Waals surface area contributed by atoms with E-state index in [2.05, 4.69) is 23.9 Å². The fraction of sp³-hybridized carbons (Fsp3) is 0.900. The van der Waals surface area contributed by atoms with Gasteiger partial charge in [0.05, 0.1) is 0 Å². The van der Waals surface area contributed by atoms with Crippen molar-refractivity contribution in [2.24, 2.45) is 11.3 Å². The Bertz CT molecular complexity index is 539. The van der Waals surface area contributed by atoms with Crippen LogP contribution >= 0.6 is 0 Å². The van der Waals surface area contributed by atoms with Gasteiger partial charge in [-0.15, -0.1) is 0 Å². The van der Waals surface area contributed by atoms with Gasteiger partial charge in [-0.3, -0.25) is 4.79 Å². The number of hydrogen-bond acceptors (Lipinski definition) is 4. The lowest BCUT2D eigenvalue weighted by Crippen LogP contribution is -2.53. The minimum Gasteiger partial charge on any atom is -0.444 e. The highest BCUT2D eigenvalue weighted by Gasteiger charge is 2.50. The predicted octanol–water partition coefficient (Wildman–Crippen LogP) is 2.58. The molecule has 0 radical (unpaired) electrons. The summed E-state index contributed by atoms with van der Waals surface area (Å²) in [6.45, 7) is 8.98. The molecule has 2 amide bonds. The number of ether oxygens (including phenoxy) is 1. The normalized spacial score (nSPS) is 26.3. The van der Waals surface area contributed by atoms with Crippen LogP contribution in [0.5, 0.6) is 0 Å². The molecule has 1 spiro atoms. The fourth-order valence-corrected chi connectivity index (χ4v) is 4.68. The number of carbonyl (C=O) groups excluding carboxylic acids is 2. The molecule has 0 unspecified atom stereocenters. The summed E-state index contributed by atoms with van der Waals surface area (Å²) in [6, 6.07) is 0.505. The summed E-state index contributed by atoms with van der Waals surface area (Å²) in [5.41, 5.74) is -0.167. The first-order chi connectivity index (χ1) is 12.1. The van der Waals surface area contributed by atoms with Crippen molar-refractivity contribution >= 4 is 12.0 Å². The van der Waals surface area contributed by atoms with Crippen LogP contribution in [0.15, 0.2) is 0 Å². The summed E-state index contributed by atoms with van der Waals surface area (Å²) in [6.07, 6.45) is 4.87. The van der Waals surface area contributed by atoms with E-state index in [1.165, 1.54) is 0 Å². The average molecular weight is 366 g/mol. The highest BCUT2D eigenvalue weighted by Crippen LogP contribution is 2.53. The quantitative estimate of drug-likeness (QED) is 0.755. The molecule has 6 nitrogen and oxygen atoms in total. The maximum absolute atomic E-state index is 12.8. The molecular weight excluding hydrogens is 330 g/mol. The Morgan fingerprint density at radius 3 is 2.15 bits per heavy atom. The summed E-state index contributed by atoms with van der Waals surface area (Å²) in [4.78, 5) is 31.1. The van der Waals surface area contributed by atoms with Gasteiger partial charge in [-0.25, -0.2) is 4.79 Å². The molecule has 0 aromatic heterocycles. The molecule has 3 fully saturated rings. The molecule has 1 aliphatic carbocycles. The minimum atomic E-state index is -0.444. The highest BCUT2D eigenvalue weighted by atomic mass is 16.6.